The molecule has 6 heteroatoms. The van der Waals surface area contributed by atoms with Gasteiger partial charge in [-0.2, -0.15) is 0 Å². The highest BCUT2D eigenvalue weighted by Crippen LogP contribution is 2.31. The third-order valence-electron chi connectivity index (χ3n) is 4.84. The normalized spacial score (nSPS) is 15.4. The van der Waals surface area contributed by atoms with E-state index in [-0.39, 0.29) is 17.4 Å². The van der Waals surface area contributed by atoms with Crippen LogP contribution in [0.2, 0.25) is 0 Å². The van der Waals surface area contributed by atoms with Gasteiger partial charge < -0.3 is 0 Å². The molecule has 0 unspecified atom stereocenters. The molecule has 0 saturated heterocycles. The summed E-state index contributed by atoms with van der Waals surface area (Å²) in [5, 5.41) is 3.24. The lowest BCUT2D eigenvalue weighted by Gasteiger charge is -2.26. The van der Waals surface area contributed by atoms with Gasteiger partial charge in [0.1, 0.15) is 0 Å². The second-order valence-electron chi connectivity index (χ2n) is 6.57. The fourth-order valence-electron chi connectivity index (χ4n) is 3.53. The Hall–Kier alpha value is -1.92. The van der Waals surface area contributed by atoms with Crippen molar-refractivity contribution >= 4 is 39.8 Å². The van der Waals surface area contributed by atoms with Crippen LogP contribution >= 0.6 is 23.1 Å². The fourth-order valence-corrected chi connectivity index (χ4v) is 5.23. The van der Waals surface area contributed by atoms with Crippen LogP contribution in [-0.4, -0.2) is 21.1 Å². The highest BCUT2D eigenvalue weighted by Gasteiger charge is 2.22. The van der Waals surface area contributed by atoms with Crippen molar-refractivity contribution < 1.29 is 4.79 Å². The van der Waals surface area contributed by atoms with E-state index >= 15 is 0 Å². The summed E-state index contributed by atoms with van der Waals surface area (Å²) < 4.78 is 1.86. The van der Waals surface area contributed by atoms with Crippen LogP contribution in [-0.2, 0) is 0 Å². The van der Waals surface area contributed by atoms with E-state index in [9.17, 15) is 9.59 Å². The van der Waals surface area contributed by atoms with E-state index in [1.54, 1.807) is 0 Å². The van der Waals surface area contributed by atoms with E-state index in [0.717, 1.165) is 30.6 Å². The molecule has 1 aromatic carbocycles. The summed E-state index contributed by atoms with van der Waals surface area (Å²) in [6.45, 7) is 0. The van der Waals surface area contributed by atoms with Gasteiger partial charge in [-0.15, -0.1) is 11.3 Å². The van der Waals surface area contributed by atoms with Gasteiger partial charge in [-0.1, -0.05) is 49.2 Å². The predicted molar refractivity (Wildman–Crippen MR) is 107 cm³/mol. The molecular weight excluding hydrogens is 364 g/mol. The van der Waals surface area contributed by atoms with Crippen molar-refractivity contribution in [1.29, 1.82) is 0 Å². The zero-order chi connectivity index (χ0) is 17.9. The van der Waals surface area contributed by atoms with Gasteiger partial charge in [0.05, 0.1) is 21.5 Å². The third kappa shape index (κ3) is 3.48. The zero-order valence-corrected chi connectivity index (χ0v) is 16.0. The number of ketones is 1. The third-order valence-corrected chi connectivity index (χ3v) is 6.71. The Bertz CT molecular complexity index is 973. The number of hydrogen-bond acceptors (Lipinski definition) is 5. The molecule has 0 radical (unpaired) electrons. The van der Waals surface area contributed by atoms with Gasteiger partial charge in [0.25, 0.3) is 5.56 Å². The molecule has 0 amide bonds. The Labute approximate surface area is 160 Å². The summed E-state index contributed by atoms with van der Waals surface area (Å²) >= 11 is 2.84. The van der Waals surface area contributed by atoms with Gasteiger partial charge >= 0.3 is 0 Å². The van der Waals surface area contributed by atoms with Gasteiger partial charge in [-0.05, 0) is 36.4 Å². The van der Waals surface area contributed by atoms with Crippen molar-refractivity contribution in [2.45, 2.75) is 43.3 Å². The Morgan fingerprint density at radius 2 is 1.96 bits per heavy atom. The van der Waals surface area contributed by atoms with Gasteiger partial charge in [0, 0.05) is 6.04 Å². The number of hydrogen-bond donors (Lipinski definition) is 0. The first-order valence-corrected chi connectivity index (χ1v) is 10.8. The van der Waals surface area contributed by atoms with E-state index in [1.165, 1.54) is 29.5 Å². The molecule has 0 spiro atoms. The average Bonchev–Trinajstić information content (AvgIpc) is 3.22. The number of para-hydroxylation sites is 1. The summed E-state index contributed by atoms with van der Waals surface area (Å²) in [6.07, 6.45) is 5.52. The van der Waals surface area contributed by atoms with E-state index in [0.29, 0.717) is 21.8 Å². The van der Waals surface area contributed by atoms with Crippen molar-refractivity contribution in [3.8, 4) is 0 Å². The summed E-state index contributed by atoms with van der Waals surface area (Å²) in [6, 6.07) is 11.4. The van der Waals surface area contributed by atoms with Gasteiger partial charge in [0.15, 0.2) is 10.9 Å². The molecule has 1 fully saturated rings. The van der Waals surface area contributed by atoms with Crippen LogP contribution in [0.15, 0.2) is 51.7 Å². The minimum atomic E-state index is 0.0218. The summed E-state index contributed by atoms with van der Waals surface area (Å²) in [7, 11) is 0. The Kier molecular flexibility index (Phi) is 5.22. The van der Waals surface area contributed by atoms with Crippen molar-refractivity contribution in [3.05, 3.63) is 57.0 Å². The maximum Gasteiger partial charge on any atom is 0.262 e. The van der Waals surface area contributed by atoms with Crippen molar-refractivity contribution in [1.82, 2.24) is 9.55 Å². The smallest absolute Gasteiger partial charge is 0.262 e. The highest BCUT2D eigenvalue weighted by atomic mass is 32.2. The van der Waals surface area contributed by atoms with Crippen molar-refractivity contribution in [3.63, 3.8) is 0 Å². The molecule has 0 N–H and O–H groups in total. The molecule has 26 heavy (non-hydrogen) atoms. The molecular formula is C20H20N2O2S2. The molecule has 1 aliphatic carbocycles. The zero-order valence-electron chi connectivity index (χ0n) is 14.4. The topological polar surface area (TPSA) is 52.0 Å². The molecule has 0 atom stereocenters. The van der Waals surface area contributed by atoms with E-state index in [2.05, 4.69) is 0 Å². The number of Topliss-reactive ketones (excluding diaryl/α,β-unsaturated/α-hetero) is 1. The number of carbonyl (C=O) groups excluding carboxylic acids is 1. The fraction of sp³-hybridized carbons (Fsp3) is 0.350. The molecule has 134 valence electrons. The molecule has 2 aromatic heterocycles. The molecule has 0 bridgehead atoms. The summed E-state index contributed by atoms with van der Waals surface area (Å²) in [5.74, 6) is 0.389. The second kappa shape index (κ2) is 7.76. The Balaban J connectivity index is 1.71. The minimum absolute atomic E-state index is 0.0218. The Morgan fingerprint density at radius 1 is 1.15 bits per heavy atom. The van der Waals surface area contributed by atoms with Crippen LogP contribution in [0, 0.1) is 0 Å². The van der Waals surface area contributed by atoms with Crippen LogP contribution in [0.25, 0.3) is 10.9 Å². The summed E-state index contributed by atoms with van der Waals surface area (Å²) in [5.41, 5.74) is 0.726. The number of carbonyl (C=O) groups is 1. The lowest BCUT2D eigenvalue weighted by molar-refractivity contribution is 0.102. The molecule has 3 aromatic rings. The lowest BCUT2D eigenvalue weighted by atomic mass is 9.95. The summed E-state index contributed by atoms with van der Waals surface area (Å²) in [4.78, 5) is 31.0. The molecule has 4 rings (SSSR count). The first kappa shape index (κ1) is 17.5. The van der Waals surface area contributed by atoms with Crippen LogP contribution in [0.5, 0.6) is 0 Å². The van der Waals surface area contributed by atoms with Crippen LogP contribution < -0.4 is 5.56 Å². The van der Waals surface area contributed by atoms with Crippen LogP contribution in [0.4, 0.5) is 0 Å². The monoisotopic (exact) mass is 384 g/mol. The van der Waals surface area contributed by atoms with Gasteiger partial charge in [0.2, 0.25) is 0 Å². The quantitative estimate of drug-likeness (QED) is 0.355. The molecule has 0 aliphatic heterocycles. The van der Waals surface area contributed by atoms with Crippen molar-refractivity contribution in [2.75, 3.05) is 5.75 Å². The first-order valence-electron chi connectivity index (χ1n) is 8.95. The number of thioether (sulfide) groups is 1. The van der Waals surface area contributed by atoms with E-state index in [1.807, 2.05) is 46.3 Å². The molecule has 1 aliphatic rings. The lowest BCUT2D eigenvalue weighted by Crippen LogP contribution is -2.29. The largest absolute Gasteiger partial charge is 0.292 e. The number of aromatic nitrogens is 2. The molecule has 2 heterocycles. The maximum atomic E-state index is 13.1. The van der Waals surface area contributed by atoms with E-state index < -0.39 is 0 Å². The first-order chi connectivity index (χ1) is 12.7. The van der Waals surface area contributed by atoms with Gasteiger partial charge in [-0.25, -0.2) is 4.98 Å². The highest BCUT2D eigenvalue weighted by molar-refractivity contribution is 7.99. The van der Waals surface area contributed by atoms with Crippen LogP contribution in [0.1, 0.15) is 47.8 Å². The number of rotatable bonds is 5. The molecule has 1 saturated carbocycles. The average molecular weight is 385 g/mol. The second-order valence-corrected chi connectivity index (χ2v) is 8.46. The van der Waals surface area contributed by atoms with Crippen LogP contribution in [0.3, 0.4) is 0 Å². The predicted octanol–water partition coefficient (Wildman–Crippen LogP) is 4.94. The number of thiophene rings is 1. The molecule has 4 nitrogen and oxygen atoms in total. The van der Waals surface area contributed by atoms with E-state index in [4.69, 9.17) is 4.98 Å². The number of nitrogens with zero attached hydrogens (tertiary/aromatic N) is 2. The van der Waals surface area contributed by atoms with Crippen molar-refractivity contribution in [2.24, 2.45) is 0 Å². The standard InChI is InChI=1S/C20H20N2O2S2/c23-17(18-11-6-12-25-18)13-26-20-21-16-10-5-4-9-15(16)19(24)22(20)14-7-2-1-3-8-14/h4-6,9-12,14H,1-3,7-8,13H2. The SMILES string of the molecule is O=C(CSc1nc2ccccc2c(=O)n1C1CCCCC1)c1cccs1. The minimum Gasteiger partial charge on any atom is -0.292 e. The van der Waals surface area contributed by atoms with Gasteiger partial charge in [-0.3, -0.25) is 14.2 Å². The Morgan fingerprint density at radius 3 is 2.73 bits per heavy atom. The number of benzene rings is 1. The number of fused-ring (bicyclic) bond motifs is 1. The maximum absolute atomic E-state index is 13.1.